The van der Waals surface area contributed by atoms with Crippen LogP contribution in [-0.2, 0) is 11.3 Å². The minimum Gasteiger partial charge on any atom is -0.497 e. The maximum absolute atomic E-state index is 12.2. The lowest BCUT2D eigenvalue weighted by Crippen LogP contribution is -2.29. The Bertz CT molecular complexity index is 1090. The van der Waals surface area contributed by atoms with E-state index < -0.39 is 5.97 Å². The zero-order valence-electron chi connectivity index (χ0n) is 20.2. The Kier molecular flexibility index (Phi) is 7.70. The average molecular weight is 460 g/mol. The Labute approximate surface area is 202 Å². The molecule has 1 aliphatic rings. The van der Waals surface area contributed by atoms with E-state index in [4.69, 9.17) is 9.47 Å². The molecule has 1 aliphatic heterocycles. The van der Waals surface area contributed by atoms with Crippen molar-refractivity contribution in [2.45, 2.75) is 25.8 Å². The number of esters is 1. The van der Waals surface area contributed by atoms with Crippen molar-refractivity contribution >= 4 is 28.7 Å². The molecule has 0 saturated carbocycles. The molecule has 1 saturated heterocycles. The first kappa shape index (κ1) is 23.6. The second-order valence-corrected chi connectivity index (χ2v) is 8.64. The van der Waals surface area contributed by atoms with Gasteiger partial charge in [0.2, 0.25) is 0 Å². The molecule has 0 aromatic heterocycles. The van der Waals surface area contributed by atoms with Crippen LogP contribution in [-0.4, -0.2) is 45.2 Å². The van der Waals surface area contributed by atoms with Crippen LogP contribution in [0.25, 0.3) is 0 Å². The van der Waals surface area contributed by atoms with E-state index >= 15 is 0 Å². The van der Waals surface area contributed by atoms with Gasteiger partial charge in [-0.15, -0.1) is 0 Å². The largest absolute Gasteiger partial charge is 0.497 e. The first-order valence-electron chi connectivity index (χ1n) is 11.8. The summed E-state index contributed by atoms with van der Waals surface area (Å²) in [4.78, 5) is 16.9. The summed E-state index contributed by atoms with van der Waals surface area (Å²) in [5.74, 6) is 0.186. The monoisotopic (exact) mass is 459 g/mol. The van der Waals surface area contributed by atoms with Crippen molar-refractivity contribution in [3.05, 3.63) is 77.9 Å². The highest BCUT2D eigenvalue weighted by Gasteiger charge is 2.14. The van der Waals surface area contributed by atoms with E-state index in [1.807, 2.05) is 24.3 Å². The van der Waals surface area contributed by atoms with Gasteiger partial charge in [0.1, 0.15) is 5.75 Å². The lowest BCUT2D eigenvalue weighted by atomic mass is 10.1. The molecular weight excluding hydrogens is 426 g/mol. The lowest BCUT2D eigenvalue weighted by Gasteiger charge is -2.26. The molecule has 1 N–H and O–H groups in total. The van der Waals surface area contributed by atoms with Gasteiger partial charge in [-0.25, -0.2) is 4.79 Å². The third kappa shape index (κ3) is 5.69. The molecule has 1 heterocycles. The molecule has 6 nitrogen and oxygen atoms in total. The van der Waals surface area contributed by atoms with Crippen LogP contribution in [0.4, 0.5) is 22.7 Å². The predicted octanol–water partition coefficient (Wildman–Crippen LogP) is 5.98. The number of anilines is 4. The quantitative estimate of drug-likeness (QED) is 0.418. The maximum Gasteiger partial charge on any atom is 0.340 e. The lowest BCUT2D eigenvalue weighted by molar-refractivity contribution is 0.0601. The van der Waals surface area contributed by atoms with E-state index in [2.05, 4.69) is 58.6 Å². The molecule has 0 unspecified atom stereocenters. The molecule has 178 valence electrons. The summed E-state index contributed by atoms with van der Waals surface area (Å²) >= 11 is 0. The number of ether oxygens (including phenoxy) is 2. The summed E-state index contributed by atoms with van der Waals surface area (Å²) in [6, 6.07) is 22.3. The second-order valence-electron chi connectivity index (χ2n) is 8.64. The Morgan fingerprint density at radius 2 is 1.56 bits per heavy atom. The molecule has 34 heavy (non-hydrogen) atoms. The maximum atomic E-state index is 12.2. The second kappa shape index (κ2) is 11.1. The predicted molar refractivity (Wildman–Crippen MR) is 138 cm³/mol. The number of rotatable bonds is 8. The number of benzene rings is 3. The van der Waals surface area contributed by atoms with Crippen LogP contribution >= 0.6 is 0 Å². The molecule has 0 spiro atoms. The highest BCUT2D eigenvalue weighted by atomic mass is 16.5. The minimum atomic E-state index is -0.415. The first-order valence-corrected chi connectivity index (χ1v) is 11.8. The molecule has 3 aromatic rings. The minimum absolute atomic E-state index is 0.415. The van der Waals surface area contributed by atoms with E-state index in [9.17, 15) is 4.79 Å². The van der Waals surface area contributed by atoms with Gasteiger partial charge in [0.25, 0.3) is 0 Å². The fraction of sp³-hybridized carbons (Fsp3) is 0.321. The Morgan fingerprint density at radius 3 is 2.18 bits per heavy atom. The van der Waals surface area contributed by atoms with E-state index in [1.54, 1.807) is 13.2 Å². The van der Waals surface area contributed by atoms with Gasteiger partial charge < -0.3 is 19.7 Å². The zero-order valence-corrected chi connectivity index (χ0v) is 20.2. The Balaban J connectivity index is 1.43. The molecule has 0 atom stereocenters. The van der Waals surface area contributed by atoms with E-state index in [0.29, 0.717) is 17.0 Å². The SMILES string of the molecule is COC(=O)c1cc(OC)ccc1Nc1ccc(N(C)c2ccc(CN3CCCCC3)cc2)cc1. The summed E-state index contributed by atoms with van der Waals surface area (Å²) in [6.45, 7) is 3.45. The first-order chi connectivity index (χ1) is 16.6. The normalized spacial score (nSPS) is 13.9. The topological polar surface area (TPSA) is 54.0 Å². The highest BCUT2D eigenvalue weighted by molar-refractivity contribution is 5.97. The number of hydrogen-bond donors (Lipinski definition) is 1. The zero-order chi connectivity index (χ0) is 23.9. The van der Waals surface area contributed by atoms with Gasteiger partial charge in [0.15, 0.2) is 0 Å². The third-order valence-electron chi connectivity index (χ3n) is 6.34. The molecule has 1 fully saturated rings. The Hall–Kier alpha value is -3.51. The van der Waals surface area contributed by atoms with E-state index in [1.165, 1.54) is 45.0 Å². The molecule has 0 bridgehead atoms. The summed E-state index contributed by atoms with van der Waals surface area (Å²) in [6.07, 6.45) is 3.99. The number of carbonyl (C=O) groups excluding carboxylic acids is 1. The number of nitrogens with one attached hydrogen (secondary N) is 1. The van der Waals surface area contributed by atoms with Gasteiger partial charge in [-0.1, -0.05) is 18.6 Å². The smallest absolute Gasteiger partial charge is 0.340 e. The summed E-state index contributed by atoms with van der Waals surface area (Å²) in [5.41, 5.74) is 5.55. The summed E-state index contributed by atoms with van der Waals surface area (Å²) in [7, 11) is 5.01. The molecule has 0 aliphatic carbocycles. The fourth-order valence-electron chi connectivity index (χ4n) is 4.31. The van der Waals surface area contributed by atoms with Crippen molar-refractivity contribution < 1.29 is 14.3 Å². The van der Waals surface area contributed by atoms with Crippen molar-refractivity contribution in [3.63, 3.8) is 0 Å². The van der Waals surface area contributed by atoms with E-state index in [0.717, 1.165) is 23.6 Å². The number of methoxy groups -OCH3 is 2. The van der Waals surface area contributed by atoms with Gasteiger partial charge in [-0.3, -0.25) is 4.90 Å². The van der Waals surface area contributed by atoms with Crippen LogP contribution in [0, 0.1) is 0 Å². The molecule has 6 heteroatoms. The standard InChI is InChI=1S/C28H33N3O3/c1-30(23-11-7-21(8-12-23)20-31-17-5-4-6-18-31)24-13-9-22(10-14-24)29-27-16-15-25(33-2)19-26(27)28(32)34-3/h7-16,19,29H,4-6,17-18,20H2,1-3H3. The van der Waals surface area contributed by atoms with Crippen LogP contribution < -0.4 is 15.0 Å². The highest BCUT2D eigenvalue weighted by Crippen LogP contribution is 2.29. The van der Waals surface area contributed by atoms with Gasteiger partial charge in [0.05, 0.1) is 25.5 Å². The van der Waals surface area contributed by atoms with Crippen molar-refractivity contribution in [1.29, 1.82) is 0 Å². The van der Waals surface area contributed by atoms with Gasteiger partial charge in [-0.2, -0.15) is 0 Å². The summed E-state index contributed by atoms with van der Waals surface area (Å²) in [5, 5.41) is 3.31. The molecule has 0 amide bonds. The number of nitrogens with zero attached hydrogens (tertiary/aromatic N) is 2. The van der Waals surface area contributed by atoms with Crippen molar-refractivity contribution in [3.8, 4) is 5.75 Å². The van der Waals surface area contributed by atoms with Crippen molar-refractivity contribution in [2.24, 2.45) is 0 Å². The number of carbonyl (C=O) groups is 1. The van der Waals surface area contributed by atoms with Crippen LogP contribution in [0.15, 0.2) is 66.7 Å². The fourth-order valence-corrected chi connectivity index (χ4v) is 4.31. The van der Waals surface area contributed by atoms with Crippen LogP contribution in [0.3, 0.4) is 0 Å². The van der Waals surface area contributed by atoms with Crippen molar-refractivity contribution in [1.82, 2.24) is 4.90 Å². The average Bonchev–Trinajstić information content (AvgIpc) is 2.89. The molecule has 3 aromatic carbocycles. The number of hydrogen-bond acceptors (Lipinski definition) is 6. The number of piperidine rings is 1. The van der Waals surface area contributed by atoms with Crippen molar-refractivity contribution in [2.75, 3.05) is 44.6 Å². The Morgan fingerprint density at radius 1 is 0.912 bits per heavy atom. The molecule has 4 rings (SSSR count). The van der Waals surface area contributed by atoms with Gasteiger partial charge in [-0.05, 0) is 86.1 Å². The van der Waals surface area contributed by atoms with E-state index in [-0.39, 0.29) is 0 Å². The van der Waals surface area contributed by atoms with Crippen LogP contribution in [0.1, 0.15) is 35.2 Å². The summed E-state index contributed by atoms with van der Waals surface area (Å²) < 4.78 is 10.2. The van der Waals surface area contributed by atoms with Crippen LogP contribution in [0.2, 0.25) is 0 Å². The molecule has 0 radical (unpaired) electrons. The number of likely N-dealkylation sites (tertiary alicyclic amines) is 1. The third-order valence-corrected chi connectivity index (χ3v) is 6.34. The van der Waals surface area contributed by atoms with Gasteiger partial charge >= 0.3 is 5.97 Å². The van der Waals surface area contributed by atoms with Gasteiger partial charge in [0, 0.05) is 30.7 Å². The van der Waals surface area contributed by atoms with Crippen LogP contribution in [0.5, 0.6) is 5.75 Å². The molecular formula is C28H33N3O3.